The molecule has 0 N–H and O–H groups in total. The number of anilines is 1. The molecule has 2 heterocycles. The van der Waals surface area contributed by atoms with Gasteiger partial charge in [0.15, 0.2) is 5.01 Å². The van der Waals surface area contributed by atoms with Crippen molar-refractivity contribution in [1.29, 1.82) is 0 Å². The topological polar surface area (TPSA) is 51.1 Å². The number of methoxy groups -OCH3 is 1. The van der Waals surface area contributed by atoms with Gasteiger partial charge in [0.2, 0.25) is 5.13 Å². The first kappa shape index (κ1) is 12.5. The minimum Gasteiger partial charge on any atom is -0.381 e. The van der Waals surface area contributed by atoms with Crippen molar-refractivity contribution in [2.75, 3.05) is 19.1 Å². The third-order valence-corrected chi connectivity index (χ3v) is 4.59. The lowest BCUT2D eigenvalue weighted by Crippen LogP contribution is -2.46. The fraction of sp³-hybridized carbons (Fsp3) is 0.462. The summed E-state index contributed by atoms with van der Waals surface area (Å²) in [5, 5.41) is 10.3. The van der Waals surface area contributed by atoms with Crippen LogP contribution in [0.1, 0.15) is 12.8 Å². The highest BCUT2D eigenvalue weighted by Crippen LogP contribution is 2.33. The molecule has 5 nitrogen and oxygen atoms in total. The molecule has 0 aliphatic heterocycles. The van der Waals surface area contributed by atoms with Gasteiger partial charge in [0, 0.05) is 26.4 Å². The van der Waals surface area contributed by atoms with E-state index in [1.165, 1.54) is 0 Å². The van der Waals surface area contributed by atoms with Crippen LogP contribution < -0.4 is 4.90 Å². The van der Waals surface area contributed by atoms with Crippen molar-refractivity contribution in [3.8, 4) is 10.7 Å². The van der Waals surface area contributed by atoms with Crippen molar-refractivity contribution in [3.63, 3.8) is 0 Å². The summed E-state index contributed by atoms with van der Waals surface area (Å²) in [6, 6.07) is 6.32. The van der Waals surface area contributed by atoms with Gasteiger partial charge in [0.05, 0.1) is 6.10 Å². The van der Waals surface area contributed by atoms with Crippen LogP contribution in [0.2, 0.25) is 0 Å². The fourth-order valence-electron chi connectivity index (χ4n) is 2.15. The van der Waals surface area contributed by atoms with Gasteiger partial charge in [-0.2, -0.15) is 0 Å². The quantitative estimate of drug-likeness (QED) is 0.857. The Morgan fingerprint density at radius 2 is 2.16 bits per heavy atom. The third kappa shape index (κ3) is 2.46. The van der Waals surface area contributed by atoms with Crippen LogP contribution in [0.4, 0.5) is 5.13 Å². The van der Waals surface area contributed by atoms with Gasteiger partial charge in [-0.1, -0.05) is 17.4 Å². The van der Waals surface area contributed by atoms with E-state index in [-0.39, 0.29) is 0 Å². The average molecular weight is 276 g/mol. The summed E-state index contributed by atoms with van der Waals surface area (Å²) >= 11 is 1.58. The molecule has 0 spiro atoms. The van der Waals surface area contributed by atoms with Crippen molar-refractivity contribution in [2.45, 2.75) is 25.0 Å². The minimum atomic E-state index is 0.399. The summed E-state index contributed by atoms with van der Waals surface area (Å²) < 4.78 is 5.31. The molecule has 19 heavy (non-hydrogen) atoms. The van der Waals surface area contributed by atoms with Crippen LogP contribution in [-0.4, -0.2) is 41.5 Å². The van der Waals surface area contributed by atoms with E-state index in [9.17, 15) is 0 Å². The molecule has 0 atom stereocenters. The SMILES string of the molecule is COC1CC(N(C)c2nnc(-c3ccccn3)s2)C1. The molecular weight excluding hydrogens is 260 g/mol. The van der Waals surface area contributed by atoms with Crippen molar-refractivity contribution in [1.82, 2.24) is 15.2 Å². The zero-order valence-electron chi connectivity index (χ0n) is 11.0. The Kier molecular flexibility index (Phi) is 3.44. The highest BCUT2D eigenvalue weighted by molar-refractivity contribution is 7.18. The number of ether oxygens (including phenoxy) is 1. The molecule has 0 aromatic carbocycles. The van der Waals surface area contributed by atoms with Crippen molar-refractivity contribution in [2.24, 2.45) is 0 Å². The molecule has 1 saturated carbocycles. The Labute approximate surface area is 116 Å². The number of nitrogens with zero attached hydrogens (tertiary/aromatic N) is 4. The smallest absolute Gasteiger partial charge is 0.208 e. The Morgan fingerprint density at radius 1 is 1.32 bits per heavy atom. The zero-order chi connectivity index (χ0) is 13.2. The van der Waals surface area contributed by atoms with Crippen molar-refractivity contribution in [3.05, 3.63) is 24.4 Å². The fourth-order valence-corrected chi connectivity index (χ4v) is 3.01. The van der Waals surface area contributed by atoms with Crippen LogP contribution >= 0.6 is 11.3 Å². The minimum absolute atomic E-state index is 0.399. The molecule has 2 aromatic rings. The van der Waals surface area contributed by atoms with E-state index in [2.05, 4.69) is 27.1 Å². The number of hydrogen-bond donors (Lipinski definition) is 0. The zero-order valence-corrected chi connectivity index (χ0v) is 11.8. The summed E-state index contributed by atoms with van der Waals surface area (Å²) in [5.41, 5.74) is 0.878. The molecule has 0 saturated heterocycles. The summed E-state index contributed by atoms with van der Waals surface area (Å²) in [7, 11) is 3.84. The maximum absolute atomic E-state index is 5.31. The van der Waals surface area contributed by atoms with Gasteiger partial charge in [0.25, 0.3) is 0 Å². The van der Waals surface area contributed by atoms with E-state index in [4.69, 9.17) is 4.74 Å². The molecule has 0 bridgehead atoms. The van der Waals surface area contributed by atoms with Gasteiger partial charge >= 0.3 is 0 Å². The van der Waals surface area contributed by atoms with Crippen LogP contribution in [-0.2, 0) is 4.74 Å². The molecule has 0 unspecified atom stereocenters. The number of hydrogen-bond acceptors (Lipinski definition) is 6. The number of aromatic nitrogens is 3. The van der Waals surface area contributed by atoms with E-state index >= 15 is 0 Å². The highest BCUT2D eigenvalue weighted by atomic mass is 32.1. The molecule has 0 amide bonds. The molecule has 2 aromatic heterocycles. The second kappa shape index (κ2) is 5.22. The lowest BCUT2D eigenvalue weighted by atomic mass is 9.88. The van der Waals surface area contributed by atoms with Crippen LogP contribution in [0.15, 0.2) is 24.4 Å². The maximum Gasteiger partial charge on any atom is 0.208 e. The first-order valence-corrected chi connectivity index (χ1v) is 7.10. The summed E-state index contributed by atoms with van der Waals surface area (Å²) in [4.78, 5) is 6.49. The second-order valence-electron chi connectivity index (χ2n) is 4.70. The van der Waals surface area contributed by atoms with E-state index < -0.39 is 0 Å². The molecule has 6 heteroatoms. The van der Waals surface area contributed by atoms with Gasteiger partial charge in [-0.25, -0.2) is 0 Å². The monoisotopic (exact) mass is 276 g/mol. The predicted molar refractivity (Wildman–Crippen MR) is 75.4 cm³/mol. The summed E-state index contributed by atoms with van der Waals surface area (Å²) in [6.45, 7) is 0. The van der Waals surface area contributed by atoms with Gasteiger partial charge in [-0.05, 0) is 25.0 Å². The first-order chi connectivity index (χ1) is 9.28. The molecule has 1 fully saturated rings. The molecular formula is C13H16N4OS. The third-order valence-electron chi connectivity index (χ3n) is 3.55. The van der Waals surface area contributed by atoms with Crippen molar-refractivity contribution >= 4 is 16.5 Å². The standard InChI is InChI=1S/C13H16N4OS/c1-17(9-7-10(8-9)18-2)13-16-15-12(19-13)11-5-3-4-6-14-11/h3-6,9-10H,7-8H2,1-2H3. The lowest BCUT2D eigenvalue weighted by molar-refractivity contribution is 0.0266. The van der Waals surface area contributed by atoms with Gasteiger partial charge < -0.3 is 9.64 Å². The maximum atomic E-state index is 5.31. The van der Waals surface area contributed by atoms with E-state index in [1.807, 2.05) is 18.2 Å². The van der Waals surface area contributed by atoms with E-state index in [1.54, 1.807) is 24.6 Å². The van der Waals surface area contributed by atoms with Crippen LogP contribution in [0.5, 0.6) is 0 Å². The Hall–Kier alpha value is -1.53. The molecule has 100 valence electrons. The van der Waals surface area contributed by atoms with E-state index in [0.29, 0.717) is 12.1 Å². The molecule has 1 aliphatic rings. The van der Waals surface area contributed by atoms with Crippen LogP contribution in [0, 0.1) is 0 Å². The van der Waals surface area contributed by atoms with Crippen LogP contribution in [0.3, 0.4) is 0 Å². The predicted octanol–water partition coefficient (Wildman–Crippen LogP) is 2.21. The number of pyridine rings is 1. The molecule has 3 rings (SSSR count). The molecule has 1 aliphatic carbocycles. The Bertz CT molecular complexity index is 539. The Morgan fingerprint density at radius 3 is 2.84 bits per heavy atom. The molecule has 0 radical (unpaired) electrons. The van der Waals surface area contributed by atoms with E-state index in [0.717, 1.165) is 28.7 Å². The average Bonchev–Trinajstić information content (AvgIpc) is 2.88. The summed E-state index contributed by atoms with van der Waals surface area (Å²) in [5.74, 6) is 0. The van der Waals surface area contributed by atoms with Gasteiger partial charge in [-0.3, -0.25) is 4.98 Å². The lowest BCUT2D eigenvalue weighted by Gasteiger charge is -2.39. The Balaban J connectivity index is 1.71. The highest BCUT2D eigenvalue weighted by Gasteiger charge is 2.33. The largest absolute Gasteiger partial charge is 0.381 e. The number of rotatable bonds is 4. The normalized spacial score (nSPS) is 22.0. The second-order valence-corrected chi connectivity index (χ2v) is 5.65. The van der Waals surface area contributed by atoms with Crippen molar-refractivity contribution < 1.29 is 4.74 Å². The van der Waals surface area contributed by atoms with Gasteiger partial charge in [0.1, 0.15) is 5.69 Å². The first-order valence-electron chi connectivity index (χ1n) is 6.28. The summed E-state index contributed by atoms with van der Waals surface area (Å²) in [6.07, 6.45) is 4.29. The van der Waals surface area contributed by atoms with Crippen LogP contribution in [0.25, 0.3) is 10.7 Å². The van der Waals surface area contributed by atoms with Gasteiger partial charge in [-0.15, -0.1) is 10.2 Å².